The zero-order chi connectivity index (χ0) is 12.4. The number of para-hydroxylation sites is 2. The number of hydrogen-bond donors (Lipinski definition) is 2. The van der Waals surface area contributed by atoms with Crippen molar-refractivity contribution < 1.29 is 4.79 Å². The molecular formula is C12H9N5O. The molecule has 0 aliphatic rings. The molecule has 0 saturated carbocycles. The lowest BCUT2D eigenvalue weighted by Gasteiger charge is -2.03. The number of fused-ring (bicyclic) bond motifs is 1. The fourth-order valence-electron chi connectivity index (χ4n) is 1.58. The third-order valence-corrected chi connectivity index (χ3v) is 2.44. The molecule has 6 heteroatoms. The maximum absolute atomic E-state index is 11.8. The average molecular weight is 239 g/mol. The van der Waals surface area contributed by atoms with Crippen LogP contribution in [-0.2, 0) is 0 Å². The number of nitrogens with one attached hydrogen (secondary N) is 2. The summed E-state index contributed by atoms with van der Waals surface area (Å²) in [7, 11) is 0. The van der Waals surface area contributed by atoms with Crippen LogP contribution in [0.25, 0.3) is 11.0 Å². The van der Waals surface area contributed by atoms with Crippen molar-refractivity contribution in [3.8, 4) is 0 Å². The molecule has 0 aliphatic carbocycles. The van der Waals surface area contributed by atoms with Crippen LogP contribution >= 0.6 is 0 Å². The molecule has 18 heavy (non-hydrogen) atoms. The Morgan fingerprint density at radius 2 is 2.00 bits per heavy atom. The number of amides is 1. The first-order valence-corrected chi connectivity index (χ1v) is 5.35. The summed E-state index contributed by atoms with van der Waals surface area (Å²) in [6, 6.07) is 9.05. The number of anilines is 1. The lowest BCUT2D eigenvalue weighted by Crippen LogP contribution is -2.13. The molecule has 0 aliphatic heterocycles. The van der Waals surface area contributed by atoms with Crippen molar-refractivity contribution in [2.75, 3.05) is 5.32 Å². The molecule has 3 rings (SSSR count). The van der Waals surface area contributed by atoms with Gasteiger partial charge in [0.2, 0.25) is 0 Å². The lowest BCUT2D eigenvalue weighted by molar-refractivity contribution is 0.102. The van der Waals surface area contributed by atoms with E-state index in [4.69, 9.17) is 0 Å². The van der Waals surface area contributed by atoms with Crippen molar-refractivity contribution in [1.82, 2.24) is 20.2 Å². The number of H-pyrrole nitrogens is 1. The highest BCUT2D eigenvalue weighted by Crippen LogP contribution is 2.11. The van der Waals surface area contributed by atoms with E-state index < -0.39 is 0 Å². The molecule has 0 radical (unpaired) electrons. The maximum Gasteiger partial charge on any atom is 0.274 e. The van der Waals surface area contributed by atoms with Crippen LogP contribution in [0.3, 0.4) is 0 Å². The summed E-state index contributed by atoms with van der Waals surface area (Å²) in [6.45, 7) is 0. The molecule has 2 heterocycles. The Morgan fingerprint density at radius 3 is 2.78 bits per heavy atom. The number of benzene rings is 1. The van der Waals surface area contributed by atoms with E-state index in [0.717, 1.165) is 11.0 Å². The number of carbonyl (C=O) groups excluding carboxylic acids is 1. The Labute approximate surface area is 102 Å². The predicted molar refractivity (Wildman–Crippen MR) is 66.1 cm³/mol. The number of hydrogen-bond acceptors (Lipinski definition) is 4. The van der Waals surface area contributed by atoms with E-state index in [2.05, 4.69) is 25.5 Å². The molecule has 0 unspecified atom stereocenters. The first kappa shape index (κ1) is 10.4. The molecule has 1 aromatic carbocycles. The Hall–Kier alpha value is -2.76. The van der Waals surface area contributed by atoms with Crippen LogP contribution < -0.4 is 5.32 Å². The molecular weight excluding hydrogens is 230 g/mol. The van der Waals surface area contributed by atoms with Crippen LogP contribution in [0.4, 0.5) is 5.82 Å². The molecule has 2 aromatic heterocycles. The number of nitrogens with zero attached hydrogens (tertiary/aromatic N) is 3. The van der Waals surface area contributed by atoms with Gasteiger partial charge in [-0.1, -0.05) is 12.1 Å². The number of carbonyl (C=O) groups is 1. The topological polar surface area (TPSA) is 83.6 Å². The number of aromatic nitrogens is 4. The van der Waals surface area contributed by atoms with Gasteiger partial charge >= 0.3 is 0 Å². The van der Waals surface area contributed by atoms with Gasteiger partial charge in [0.1, 0.15) is 5.69 Å². The highest BCUT2D eigenvalue weighted by molar-refractivity contribution is 6.02. The summed E-state index contributed by atoms with van der Waals surface area (Å²) < 4.78 is 0. The van der Waals surface area contributed by atoms with E-state index in [1.165, 1.54) is 12.4 Å². The predicted octanol–water partition coefficient (Wildman–Crippen LogP) is 1.61. The van der Waals surface area contributed by atoms with Gasteiger partial charge in [0, 0.05) is 6.20 Å². The van der Waals surface area contributed by atoms with E-state index in [1.54, 1.807) is 6.07 Å². The average Bonchev–Trinajstić information content (AvgIpc) is 2.92. The van der Waals surface area contributed by atoms with Crippen molar-refractivity contribution in [3.05, 3.63) is 48.4 Å². The maximum atomic E-state index is 11.8. The molecule has 88 valence electrons. The summed E-state index contributed by atoms with van der Waals surface area (Å²) in [5.41, 5.74) is 1.90. The first-order chi connectivity index (χ1) is 8.83. The van der Waals surface area contributed by atoms with Crippen LogP contribution in [0, 0.1) is 0 Å². The third kappa shape index (κ3) is 1.91. The zero-order valence-corrected chi connectivity index (χ0v) is 9.29. The lowest BCUT2D eigenvalue weighted by atomic mass is 10.3. The minimum absolute atomic E-state index is 0.294. The fraction of sp³-hybridized carbons (Fsp3) is 0. The van der Waals surface area contributed by atoms with Crippen LogP contribution in [-0.4, -0.2) is 26.1 Å². The van der Waals surface area contributed by atoms with Crippen molar-refractivity contribution in [2.24, 2.45) is 0 Å². The van der Waals surface area contributed by atoms with E-state index >= 15 is 0 Å². The minimum atomic E-state index is -0.294. The van der Waals surface area contributed by atoms with Gasteiger partial charge in [0.05, 0.1) is 17.2 Å². The molecule has 0 saturated heterocycles. The third-order valence-electron chi connectivity index (χ3n) is 2.44. The standard InChI is InChI=1S/C12H9N5O/c18-12(10-5-6-14-17-10)16-11-7-13-8-3-1-2-4-9(8)15-11/h1-7H,(H,14,17)(H,15,16,18). The van der Waals surface area contributed by atoms with E-state index in [1.807, 2.05) is 24.3 Å². The van der Waals surface area contributed by atoms with Gasteiger partial charge in [0.25, 0.3) is 5.91 Å². The number of aromatic amines is 1. The van der Waals surface area contributed by atoms with E-state index in [-0.39, 0.29) is 5.91 Å². The van der Waals surface area contributed by atoms with E-state index in [0.29, 0.717) is 11.5 Å². The summed E-state index contributed by atoms with van der Waals surface area (Å²) in [5.74, 6) is 0.116. The van der Waals surface area contributed by atoms with Gasteiger partial charge in [-0.05, 0) is 18.2 Å². The molecule has 6 nitrogen and oxygen atoms in total. The zero-order valence-electron chi connectivity index (χ0n) is 9.29. The second-order valence-corrected chi connectivity index (χ2v) is 3.67. The Morgan fingerprint density at radius 1 is 1.17 bits per heavy atom. The summed E-state index contributed by atoms with van der Waals surface area (Å²) >= 11 is 0. The van der Waals surface area contributed by atoms with E-state index in [9.17, 15) is 4.79 Å². The molecule has 2 N–H and O–H groups in total. The Balaban J connectivity index is 1.89. The molecule has 1 amide bonds. The summed E-state index contributed by atoms with van der Waals surface area (Å²) in [4.78, 5) is 20.3. The van der Waals surface area contributed by atoms with Crippen LogP contribution in [0.2, 0.25) is 0 Å². The van der Waals surface area contributed by atoms with Crippen LogP contribution in [0.1, 0.15) is 10.5 Å². The highest BCUT2D eigenvalue weighted by atomic mass is 16.2. The smallest absolute Gasteiger partial charge is 0.274 e. The number of rotatable bonds is 2. The molecule has 0 bridgehead atoms. The molecule has 0 fully saturated rings. The van der Waals surface area contributed by atoms with Crippen molar-refractivity contribution >= 4 is 22.8 Å². The second kappa shape index (κ2) is 4.25. The normalized spacial score (nSPS) is 10.4. The van der Waals surface area contributed by atoms with Crippen LogP contribution in [0.15, 0.2) is 42.7 Å². The van der Waals surface area contributed by atoms with Gasteiger partial charge in [-0.25, -0.2) is 4.98 Å². The van der Waals surface area contributed by atoms with Crippen LogP contribution in [0.5, 0.6) is 0 Å². The van der Waals surface area contributed by atoms with Crippen molar-refractivity contribution in [3.63, 3.8) is 0 Å². The van der Waals surface area contributed by atoms with Crippen molar-refractivity contribution in [2.45, 2.75) is 0 Å². The summed E-state index contributed by atoms with van der Waals surface area (Å²) in [6.07, 6.45) is 3.04. The largest absolute Gasteiger partial charge is 0.304 e. The Bertz CT molecular complexity index is 693. The summed E-state index contributed by atoms with van der Waals surface area (Å²) in [5, 5.41) is 8.95. The highest BCUT2D eigenvalue weighted by Gasteiger charge is 2.08. The van der Waals surface area contributed by atoms with Gasteiger partial charge in [-0.15, -0.1) is 0 Å². The van der Waals surface area contributed by atoms with Gasteiger partial charge in [0.15, 0.2) is 5.82 Å². The second-order valence-electron chi connectivity index (χ2n) is 3.67. The fourth-order valence-corrected chi connectivity index (χ4v) is 1.58. The molecule has 0 spiro atoms. The molecule has 3 aromatic rings. The Kier molecular flexibility index (Phi) is 2.45. The quantitative estimate of drug-likeness (QED) is 0.711. The van der Waals surface area contributed by atoms with Gasteiger partial charge in [-0.3, -0.25) is 14.9 Å². The first-order valence-electron chi connectivity index (χ1n) is 5.35. The molecule has 0 atom stereocenters. The van der Waals surface area contributed by atoms with Crippen molar-refractivity contribution in [1.29, 1.82) is 0 Å². The minimum Gasteiger partial charge on any atom is -0.304 e. The SMILES string of the molecule is O=C(Nc1cnc2ccccc2n1)c1ccn[nH]1. The van der Waals surface area contributed by atoms with Gasteiger partial charge in [-0.2, -0.15) is 5.10 Å². The van der Waals surface area contributed by atoms with Gasteiger partial charge < -0.3 is 5.32 Å². The monoisotopic (exact) mass is 239 g/mol.